The van der Waals surface area contributed by atoms with Gasteiger partial charge in [0.15, 0.2) is 26.4 Å². The van der Waals surface area contributed by atoms with Crippen LogP contribution in [0.4, 0.5) is 86.3 Å². The highest BCUT2D eigenvalue weighted by Crippen LogP contribution is 2.83. The lowest BCUT2D eigenvalue weighted by Gasteiger charge is -2.22. The maximum Gasteiger partial charge on any atom is 0.425 e. The van der Waals surface area contributed by atoms with Crippen LogP contribution in [-0.2, 0) is 18.1 Å². The van der Waals surface area contributed by atoms with E-state index in [-0.39, 0.29) is 0 Å². The van der Waals surface area contributed by atoms with Crippen LogP contribution in [0.1, 0.15) is 0 Å². The summed E-state index contributed by atoms with van der Waals surface area (Å²) in [4.78, 5) is 0. The smallest absolute Gasteiger partial charge is 0.294 e. The van der Waals surface area contributed by atoms with Crippen LogP contribution in [0.25, 0.3) is 0 Å². The second-order valence-electron chi connectivity index (χ2n) is 6.89. The third kappa shape index (κ3) is 17.1. The van der Waals surface area contributed by atoms with Gasteiger partial charge in [-0.1, -0.05) is 0 Å². The molecule has 4 atom stereocenters. The van der Waals surface area contributed by atoms with E-state index in [0.29, 0.717) is 0 Å². The number of rotatable bonds is 8. The molecule has 4 unspecified atom stereocenters. The summed E-state index contributed by atoms with van der Waals surface area (Å²) in [6, 6.07) is 0. The summed E-state index contributed by atoms with van der Waals surface area (Å²) in [6.07, 6.45) is -23.5. The molecule has 0 aliphatic carbocycles. The average molecular weight is 818 g/mol. The first-order valence-electron chi connectivity index (χ1n) is 9.32. The average Bonchev–Trinajstić information content (AvgIpc) is 2.69. The Morgan fingerprint density at radius 1 is 0.318 bits per heavy atom. The van der Waals surface area contributed by atoms with Crippen LogP contribution in [-0.4, -0.2) is 51.1 Å². The summed E-state index contributed by atoms with van der Waals surface area (Å²) in [5.74, 6) is 0. The number of alkyl halides is 12. The van der Waals surface area contributed by atoms with Crippen molar-refractivity contribution in [2.45, 2.75) is 24.7 Å². The molecule has 1 aliphatic heterocycles. The van der Waals surface area contributed by atoms with Crippen LogP contribution in [0.3, 0.4) is 0 Å². The van der Waals surface area contributed by atoms with Crippen molar-refractivity contribution in [2.24, 2.45) is 27.1 Å². The van der Waals surface area contributed by atoms with Gasteiger partial charge >= 0.3 is 71.3 Å². The lowest BCUT2D eigenvalue weighted by atomic mass is 10.7. The zero-order valence-electron chi connectivity index (χ0n) is 19.4. The van der Waals surface area contributed by atoms with Crippen molar-refractivity contribution in [2.75, 3.05) is 26.4 Å². The molecule has 0 aromatic rings. The van der Waals surface area contributed by atoms with Gasteiger partial charge in [0, 0.05) is 0 Å². The van der Waals surface area contributed by atoms with Crippen molar-refractivity contribution >= 4 is 46.6 Å². The molecule has 1 aliphatic rings. The van der Waals surface area contributed by atoms with E-state index in [1.807, 2.05) is 0 Å². The van der Waals surface area contributed by atoms with Gasteiger partial charge in [-0.05, 0) is 0 Å². The predicted octanol–water partition coefficient (Wildman–Crippen LogP) is 13.7. The van der Waals surface area contributed by atoms with Gasteiger partial charge in [0.05, 0.1) is 0 Å². The molecule has 0 N–H and O–H groups in total. The van der Waals surface area contributed by atoms with Crippen LogP contribution < -0.4 is 0 Å². The molecule has 264 valence electrons. The van der Waals surface area contributed by atoms with Crippen LogP contribution in [0.15, 0.2) is 27.1 Å². The zero-order valence-corrected chi connectivity index (χ0v) is 24.8. The van der Waals surface area contributed by atoms with E-state index in [0.717, 1.165) is 4.52 Å². The maximum absolute atomic E-state index is 15.4. The van der Waals surface area contributed by atoms with Crippen molar-refractivity contribution in [1.29, 1.82) is 0 Å². The zero-order chi connectivity index (χ0) is 34.9. The monoisotopic (exact) mass is 818 g/mol. The fourth-order valence-corrected chi connectivity index (χ4v) is 13.8. The lowest BCUT2D eigenvalue weighted by molar-refractivity contribution is -0.154. The van der Waals surface area contributed by atoms with Crippen LogP contribution in [0.2, 0.25) is 0 Å². The van der Waals surface area contributed by atoms with Crippen LogP contribution in [0.5, 0.6) is 0 Å². The van der Waals surface area contributed by atoms with E-state index in [9.17, 15) is 69.5 Å². The van der Waals surface area contributed by atoms with Gasteiger partial charge in [0.25, 0.3) is 0 Å². The molecule has 0 aromatic heterocycles. The van der Waals surface area contributed by atoms with Gasteiger partial charge < -0.3 is 0 Å². The Hall–Kier alpha value is -0.180. The second kappa shape index (κ2) is 13.7. The Morgan fingerprint density at radius 3 is 0.773 bits per heavy atom. The normalized spacial score (nSPS) is 31.9. The Kier molecular flexibility index (Phi) is 13.1. The molecule has 0 saturated heterocycles. The van der Waals surface area contributed by atoms with Gasteiger partial charge in [-0.2, -0.15) is 69.5 Å². The molecule has 44 heavy (non-hydrogen) atoms. The molecule has 0 amide bonds. The van der Waals surface area contributed by atoms with Crippen molar-refractivity contribution < 1.29 is 104 Å². The lowest BCUT2D eigenvalue weighted by Crippen LogP contribution is -2.16. The minimum absolute atomic E-state index is 1.08. The van der Waals surface area contributed by atoms with E-state index in [1.165, 1.54) is 9.03 Å². The van der Waals surface area contributed by atoms with Gasteiger partial charge in [0.2, 0.25) is 0 Å². The number of hydrogen-bond donors (Lipinski definition) is 0. The van der Waals surface area contributed by atoms with Crippen molar-refractivity contribution in [3.05, 3.63) is 0 Å². The first-order chi connectivity index (χ1) is 19.1. The van der Waals surface area contributed by atoms with Crippen LogP contribution in [0, 0.1) is 0 Å². The molecule has 0 bridgehead atoms. The molecule has 1 rings (SSSR count). The fraction of sp³-hybridized carbons (Fsp3) is 1.00. The quantitative estimate of drug-likeness (QED) is 0.179. The summed E-state index contributed by atoms with van der Waals surface area (Å²) in [5, 5.41) is 0. The first-order valence-corrected chi connectivity index (χ1v) is 18.3. The largest absolute Gasteiger partial charge is 0.425 e. The van der Waals surface area contributed by atoms with Gasteiger partial charge in [0.1, 0.15) is 0 Å². The Morgan fingerprint density at radius 2 is 0.523 bits per heavy atom. The highest BCUT2D eigenvalue weighted by atomic mass is 31.3. The Bertz CT molecular complexity index is 1340. The summed E-state index contributed by atoms with van der Waals surface area (Å²) in [7, 11) is -45.4. The predicted molar refractivity (Wildman–Crippen MR) is 113 cm³/mol. The summed E-state index contributed by atoms with van der Waals surface area (Å²) in [6.45, 7) is -12.8. The number of nitrogens with zero attached hydrogens (tertiary/aromatic N) is 6. The second-order valence-corrected chi connectivity index (χ2v) is 17.8. The minimum atomic E-state index is -7.75. The number of halogens is 20. The van der Waals surface area contributed by atoms with Crippen LogP contribution >= 0.6 is 46.6 Å². The molecule has 36 heteroatoms. The molecule has 1 heterocycles. The highest BCUT2D eigenvalue weighted by molar-refractivity contribution is 7.78. The van der Waals surface area contributed by atoms with Crippen molar-refractivity contribution in [1.82, 2.24) is 0 Å². The molecule has 0 aromatic carbocycles. The van der Waals surface area contributed by atoms with Gasteiger partial charge in [-0.3, -0.25) is 18.1 Å². The molecule has 0 saturated carbocycles. The molecule has 0 radical (unpaired) electrons. The van der Waals surface area contributed by atoms with Crippen molar-refractivity contribution in [3.63, 3.8) is 0 Å². The standard InChI is InChI=1S/C8H8F20N6O4P6/c9-5(10,11)1-35-41(25)30-39(21,22)29-40(23,24)31-42(26,36-2-6(12,13)14)33-44(28,38-4-8(18,19)20)34-43(27,32-41)37-3-7(15,16)17/h1-4H2. The van der Waals surface area contributed by atoms with Crippen molar-refractivity contribution in [3.8, 4) is 0 Å². The topological polar surface area (TPSA) is 111 Å². The first kappa shape index (κ1) is 41.8. The molecule has 0 fully saturated rings. The fourth-order valence-electron chi connectivity index (χ4n) is 1.74. The van der Waals surface area contributed by atoms with Gasteiger partial charge in [-0.25, -0.2) is 0 Å². The molecular weight excluding hydrogens is 810 g/mol. The number of hydrogen-bond acceptors (Lipinski definition) is 10. The molecule has 10 nitrogen and oxygen atoms in total. The molecule has 0 spiro atoms. The summed E-state index contributed by atoms with van der Waals surface area (Å²) in [5.41, 5.74) is 0. The van der Waals surface area contributed by atoms with E-state index in [4.69, 9.17) is 0 Å². The van der Waals surface area contributed by atoms with E-state index >= 15 is 16.8 Å². The Labute approximate surface area is 230 Å². The third-order valence-electron chi connectivity index (χ3n) is 2.88. The van der Waals surface area contributed by atoms with Gasteiger partial charge in [-0.15, -0.1) is 43.9 Å². The highest BCUT2D eigenvalue weighted by Gasteiger charge is 2.46. The molecular formula is C8H8F20N6O4P6. The summed E-state index contributed by atoms with van der Waals surface area (Å²) >= 11 is 0. The van der Waals surface area contributed by atoms with E-state index in [2.05, 4.69) is 18.1 Å². The van der Waals surface area contributed by atoms with E-state index in [1.54, 1.807) is 13.5 Å². The Balaban J connectivity index is 4.47. The maximum atomic E-state index is 15.4. The SMILES string of the molecule is FC(F)(F)COP1(F)=NP(F)(F)=NP(F)(F)=NP(F)(OCC(F)(F)F)=NP(F)(OCC(F)(F)F)=NP(F)(OCC(F)(F)F)=N1. The minimum Gasteiger partial charge on any atom is -0.294 e. The summed E-state index contributed by atoms with van der Waals surface area (Å²) < 4.78 is 290. The van der Waals surface area contributed by atoms with E-state index < -0.39 is 97.8 Å². The third-order valence-corrected chi connectivity index (χ3v) is 15.2.